The third-order valence-corrected chi connectivity index (χ3v) is 5.56. The lowest BCUT2D eigenvalue weighted by Gasteiger charge is -2.22. The highest BCUT2D eigenvalue weighted by Gasteiger charge is 2.66. The summed E-state index contributed by atoms with van der Waals surface area (Å²) in [6.07, 6.45) is 0. The minimum atomic E-state index is -6.50. The Bertz CT molecular complexity index is 375. The molecule has 0 aliphatic rings. The monoisotopic (exact) mass is 292 g/mol. The largest absolute Gasteiger partial charge is 0.477 e. The van der Waals surface area contributed by atoms with Gasteiger partial charge in [0.2, 0.25) is 0 Å². The Morgan fingerprint density at radius 3 is 1.47 bits per heavy atom. The fourth-order valence-corrected chi connectivity index (χ4v) is 3.55. The number of hydrogen-bond acceptors (Lipinski definition) is 4. The van der Waals surface area contributed by atoms with E-state index in [4.69, 9.17) is 24.5 Å². The van der Waals surface area contributed by atoms with Crippen molar-refractivity contribution in [1.29, 1.82) is 0 Å². The predicted molar refractivity (Wildman–Crippen MR) is 39.9 cm³/mol. The minimum absolute atomic E-state index is 2.75. The molecule has 0 spiro atoms. The van der Waals surface area contributed by atoms with Crippen molar-refractivity contribution < 1.29 is 51.3 Å². The number of rotatable bonds is 4. The van der Waals surface area contributed by atoms with Gasteiger partial charge in [0.05, 0.1) is 0 Å². The van der Waals surface area contributed by atoms with Gasteiger partial charge >= 0.3 is 28.4 Å². The summed E-state index contributed by atoms with van der Waals surface area (Å²) < 4.78 is 58.3. The molecule has 5 N–H and O–H groups in total. The van der Waals surface area contributed by atoms with Gasteiger partial charge in [-0.1, -0.05) is 0 Å². The van der Waals surface area contributed by atoms with Crippen LogP contribution in [0.25, 0.3) is 0 Å². The first-order valence-electron chi connectivity index (χ1n) is 2.74. The van der Waals surface area contributed by atoms with Crippen molar-refractivity contribution in [3.05, 3.63) is 0 Å². The van der Waals surface area contributed by atoms with Crippen LogP contribution in [0.2, 0.25) is 0 Å². The number of hydrogen-bond donors (Lipinski definition) is 5. The minimum Gasteiger partial charge on any atom is -0.320 e. The SMILES string of the molecule is O=P(O)(O)OP(=O)(O)C(F)(F)P(=O)(O)O. The molecule has 0 fully saturated rings. The predicted octanol–water partition coefficient (Wildman–Crippen LogP) is 0.00910. The zero-order chi connectivity index (χ0) is 12.7. The molecule has 0 aliphatic carbocycles. The first kappa shape index (κ1) is 15.3. The average molecular weight is 292 g/mol. The van der Waals surface area contributed by atoms with Crippen LogP contribution in [-0.2, 0) is 18.0 Å². The molecule has 9 nitrogen and oxygen atoms in total. The van der Waals surface area contributed by atoms with Gasteiger partial charge in [-0.25, -0.2) is 8.88 Å². The first-order valence-corrected chi connectivity index (χ1v) is 7.46. The second-order valence-electron chi connectivity index (χ2n) is 2.15. The van der Waals surface area contributed by atoms with E-state index in [0.29, 0.717) is 0 Å². The maximum atomic E-state index is 12.5. The van der Waals surface area contributed by atoms with Gasteiger partial charge in [-0.3, -0.25) is 9.13 Å². The molecule has 0 saturated carbocycles. The standard InChI is InChI=1S/CH5F2O9P3/c2-1(3,13(4,5)6)14(7,8)12-15(9,10)11/h(H,7,8)(H2,4,5,6)(H2,9,10,11). The molecular formula is CH5F2O9P3. The maximum absolute atomic E-state index is 12.5. The topological polar surface area (TPSA) is 162 Å². The molecular weight excluding hydrogens is 287 g/mol. The number of alkyl halides is 2. The summed E-state index contributed by atoms with van der Waals surface area (Å²) in [7, 11) is -18.7. The molecule has 0 aromatic heterocycles. The Hall–Kier alpha value is 0.310. The summed E-state index contributed by atoms with van der Waals surface area (Å²) in [5.74, 6) is 0. The van der Waals surface area contributed by atoms with Crippen LogP contribution in [0.3, 0.4) is 0 Å². The van der Waals surface area contributed by atoms with Crippen molar-refractivity contribution >= 4 is 23.0 Å². The quantitative estimate of drug-likeness (QED) is 0.449. The highest BCUT2D eigenvalue weighted by Crippen LogP contribution is 2.76. The van der Waals surface area contributed by atoms with Crippen molar-refractivity contribution in [1.82, 2.24) is 0 Å². The fraction of sp³-hybridized carbons (Fsp3) is 1.00. The highest BCUT2D eigenvalue weighted by molar-refractivity contribution is 7.75. The maximum Gasteiger partial charge on any atom is 0.477 e. The van der Waals surface area contributed by atoms with Crippen LogP contribution in [0.4, 0.5) is 8.78 Å². The van der Waals surface area contributed by atoms with E-state index in [0.717, 1.165) is 0 Å². The molecule has 1 unspecified atom stereocenters. The fourth-order valence-electron chi connectivity index (χ4n) is 0.358. The van der Waals surface area contributed by atoms with Gasteiger partial charge in [0.25, 0.3) is 0 Å². The third kappa shape index (κ3) is 3.67. The molecule has 15 heavy (non-hydrogen) atoms. The van der Waals surface area contributed by atoms with Crippen LogP contribution in [0, 0.1) is 0 Å². The van der Waals surface area contributed by atoms with Crippen molar-refractivity contribution in [2.75, 3.05) is 0 Å². The Kier molecular flexibility index (Phi) is 4.04. The Morgan fingerprint density at radius 1 is 0.933 bits per heavy atom. The lowest BCUT2D eigenvalue weighted by molar-refractivity contribution is 0.104. The van der Waals surface area contributed by atoms with Gasteiger partial charge in [-0.15, -0.1) is 0 Å². The summed E-state index contributed by atoms with van der Waals surface area (Å²) in [6, 6.07) is 0. The van der Waals surface area contributed by atoms with Gasteiger partial charge < -0.3 is 24.5 Å². The molecule has 14 heteroatoms. The Balaban J connectivity index is 5.32. The van der Waals surface area contributed by atoms with E-state index < -0.39 is 28.4 Å². The number of phosphoric acid groups is 1. The Labute approximate surface area is 80.6 Å². The lowest BCUT2D eigenvalue weighted by atomic mass is 11.6. The molecule has 0 rings (SSSR count). The third-order valence-electron chi connectivity index (χ3n) is 0.907. The molecule has 1 atom stereocenters. The van der Waals surface area contributed by atoms with Crippen LogP contribution >= 0.6 is 23.0 Å². The van der Waals surface area contributed by atoms with Crippen molar-refractivity contribution in [3.8, 4) is 0 Å². The summed E-state index contributed by atoms with van der Waals surface area (Å²) in [5.41, 5.74) is 0. The zero-order valence-electron chi connectivity index (χ0n) is 6.47. The molecule has 0 bridgehead atoms. The van der Waals surface area contributed by atoms with E-state index in [-0.39, 0.29) is 0 Å². The molecule has 0 amide bonds. The van der Waals surface area contributed by atoms with Gasteiger partial charge in [0, 0.05) is 0 Å². The second kappa shape index (κ2) is 3.96. The molecule has 92 valence electrons. The molecule has 0 heterocycles. The summed E-state index contributed by atoms with van der Waals surface area (Å²) >= 11 is 0. The van der Waals surface area contributed by atoms with E-state index in [9.17, 15) is 22.5 Å². The van der Waals surface area contributed by atoms with Crippen LogP contribution in [0.15, 0.2) is 0 Å². The van der Waals surface area contributed by atoms with E-state index in [1.807, 2.05) is 0 Å². The van der Waals surface area contributed by atoms with Crippen LogP contribution in [0.5, 0.6) is 0 Å². The van der Waals surface area contributed by atoms with E-state index in [1.165, 1.54) is 0 Å². The van der Waals surface area contributed by atoms with Crippen LogP contribution < -0.4 is 0 Å². The van der Waals surface area contributed by atoms with Crippen molar-refractivity contribution in [2.45, 2.75) is 5.40 Å². The molecule has 0 aromatic rings. The molecule has 0 aliphatic heterocycles. The normalized spacial score (nSPS) is 18.6. The van der Waals surface area contributed by atoms with Crippen LogP contribution in [-0.4, -0.2) is 29.9 Å². The lowest BCUT2D eigenvalue weighted by Crippen LogP contribution is -2.17. The van der Waals surface area contributed by atoms with Gasteiger partial charge in [0.1, 0.15) is 0 Å². The van der Waals surface area contributed by atoms with Crippen LogP contribution in [0.1, 0.15) is 0 Å². The van der Waals surface area contributed by atoms with E-state index >= 15 is 0 Å². The van der Waals surface area contributed by atoms with Gasteiger partial charge in [0.15, 0.2) is 0 Å². The summed E-state index contributed by atoms with van der Waals surface area (Å²) in [4.78, 5) is 40.2. The molecule has 0 saturated heterocycles. The highest BCUT2D eigenvalue weighted by atomic mass is 31.3. The summed E-state index contributed by atoms with van der Waals surface area (Å²) in [6.45, 7) is 0. The van der Waals surface area contributed by atoms with Crippen molar-refractivity contribution in [3.63, 3.8) is 0 Å². The van der Waals surface area contributed by atoms with Gasteiger partial charge in [-0.2, -0.15) is 8.78 Å². The Morgan fingerprint density at radius 2 is 1.27 bits per heavy atom. The zero-order valence-corrected chi connectivity index (χ0v) is 9.15. The smallest absolute Gasteiger partial charge is 0.320 e. The average Bonchev–Trinajstić information content (AvgIpc) is 1.77. The second-order valence-corrected chi connectivity index (χ2v) is 7.39. The summed E-state index contributed by atoms with van der Waals surface area (Å²) in [5, 5.41) is -5.60. The van der Waals surface area contributed by atoms with Gasteiger partial charge in [-0.05, 0) is 0 Å². The van der Waals surface area contributed by atoms with Crippen molar-refractivity contribution in [2.24, 2.45) is 0 Å². The molecule has 0 radical (unpaired) electrons. The van der Waals surface area contributed by atoms with E-state index in [1.54, 1.807) is 0 Å². The first-order chi connectivity index (χ1) is 6.21. The molecule has 0 aromatic carbocycles. The van der Waals surface area contributed by atoms with E-state index in [2.05, 4.69) is 4.31 Å². The number of halogens is 2.